The molecule has 0 amide bonds. The lowest BCUT2D eigenvalue weighted by Crippen LogP contribution is -2.43. The van der Waals surface area contributed by atoms with Gasteiger partial charge in [-0.1, -0.05) is 13.0 Å². The molecule has 2 fully saturated rings. The molecule has 170 valence electrons. The predicted octanol–water partition coefficient (Wildman–Crippen LogP) is 3.77. The third-order valence-electron chi connectivity index (χ3n) is 8.28. The first-order valence-corrected chi connectivity index (χ1v) is 12.9. The highest BCUT2D eigenvalue weighted by Gasteiger charge is 2.54. The van der Waals surface area contributed by atoms with Gasteiger partial charge in [0.2, 0.25) is 10.0 Å². The minimum Gasteiger partial charge on any atom is -0.423 e. The summed E-state index contributed by atoms with van der Waals surface area (Å²) in [7, 11) is -3.80. The van der Waals surface area contributed by atoms with Crippen LogP contribution in [-0.4, -0.2) is 25.6 Å². The summed E-state index contributed by atoms with van der Waals surface area (Å²) in [6.07, 6.45) is 6.08. The number of fused-ring (bicyclic) bond motifs is 5. The van der Waals surface area contributed by atoms with Crippen LogP contribution in [0.3, 0.4) is 0 Å². The molecule has 3 N–H and O–H groups in total. The van der Waals surface area contributed by atoms with Crippen LogP contribution in [0, 0.1) is 17.3 Å². The number of nitrogens with two attached hydrogens (primary N) is 1. The standard InChI is InChI=1S/C25H29NO5S/c1-25-13-12-20-19-9-5-17(14-16(19)4-8-21(20)22(25)10-11-23(25)27)31-24(28)15-2-6-18(7-3-15)32(26,29)30/h2-3,5-7,9,14,20-23,27H,4,8,10-13H2,1H3,(H2,26,29,30)/t20-,21-,22+,23+,25+/m1/s1. The first kappa shape index (κ1) is 21.6. The number of benzene rings is 2. The molecule has 5 rings (SSSR count). The Balaban J connectivity index is 1.33. The Morgan fingerprint density at radius 2 is 1.84 bits per heavy atom. The number of hydrogen-bond donors (Lipinski definition) is 2. The highest BCUT2D eigenvalue weighted by atomic mass is 32.2. The Kier molecular flexibility index (Phi) is 5.19. The molecular formula is C25H29NO5S. The van der Waals surface area contributed by atoms with Gasteiger partial charge in [0.15, 0.2) is 0 Å². The van der Waals surface area contributed by atoms with Gasteiger partial charge in [0, 0.05) is 0 Å². The number of rotatable bonds is 3. The lowest BCUT2D eigenvalue weighted by Gasteiger charge is -2.50. The molecule has 2 aromatic carbocycles. The van der Waals surface area contributed by atoms with Crippen molar-refractivity contribution < 1.29 is 23.1 Å². The molecule has 2 aromatic rings. The van der Waals surface area contributed by atoms with Crippen molar-refractivity contribution in [3.8, 4) is 5.75 Å². The molecule has 2 saturated carbocycles. The van der Waals surface area contributed by atoms with Crippen molar-refractivity contribution in [2.45, 2.75) is 62.4 Å². The third-order valence-corrected chi connectivity index (χ3v) is 9.21. The molecule has 0 radical (unpaired) electrons. The van der Waals surface area contributed by atoms with Gasteiger partial charge in [0.05, 0.1) is 16.6 Å². The number of aryl methyl sites for hydroxylation is 1. The summed E-state index contributed by atoms with van der Waals surface area (Å²) in [5.74, 6) is 1.68. The van der Waals surface area contributed by atoms with Crippen molar-refractivity contribution in [2.24, 2.45) is 22.4 Å². The van der Waals surface area contributed by atoms with E-state index in [4.69, 9.17) is 9.88 Å². The number of hydrogen-bond acceptors (Lipinski definition) is 5. The maximum atomic E-state index is 12.5. The van der Waals surface area contributed by atoms with E-state index in [0.717, 1.165) is 38.5 Å². The highest BCUT2D eigenvalue weighted by molar-refractivity contribution is 7.89. The summed E-state index contributed by atoms with van der Waals surface area (Å²) >= 11 is 0. The summed E-state index contributed by atoms with van der Waals surface area (Å²) < 4.78 is 28.3. The highest BCUT2D eigenvalue weighted by Crippen LogP contribution is 2.60. The van der Waals surface area contributed by atoms with Gasteiger partial charge >= 0.3 is 5.97 Å². The number of primary sulfonamides is 1. The Morgan fingerprint density at radius 3 is 2.56 bits per heavy atom. The summed E-state index contributed by atoms with van der Waals surface area (Å²) in [5.41, 5.74) is 2.93. The smallest absolute Gasteiger partial charge is 0.343 e. The molecule has 0 heterocycles. The van der Waals surface area contributed by atoms with Crippen LogP contribution in [0.5, 0.6) is 5.75 Å². The molecule has 5 atom stereocenters. The van der Waals surface area contributed by atoms with Gasteiger partial charge in [-0.2, -0.15) is 0 Å². The van der Waals surface area contributed by atoms with E-state index in [1.165, 1.54) is 35.4 Å². The van der Waals surface area contributed by atoms with Crippen LogP contribution in [0.2, 0.25) is 0 Å². The van der Waals surface area contributed by atoms with Crippen LogP contribution >= 0.6 is 0 Å². The van der Waals surface area contributed by atoms with Gasteiger partial charge in [-0.05, 0) is 109 Å². The second-order valence-corrected chi connectivity index (χ2v) is 11.4. The fraction of sp³-hybridized carbons (Fsp3) is 0.480. The van der Waals surface area contributed by atoms with Crippen molar-refractivity contribution in [1.82, 2.24) is 0 Å². The maximum absolute atomic E-state index is 12.5. The predicted molar refractivity (Wildman–Crippen MR) is 120 cm³/mol. The molecule has 6 nitrogen and oxygen atoms in total. The number of esters is 1. The van der Waals surface area contributed by atoms with Crippen molar-refractivity contribution in [3.05, 3.63) is 59.2 Å². The van der Waals surface area contributed by atoms with Crippen molar-refractivity contribution in [3.63, 3.8) is 0 Å². The Hall–Kier alpha value is -2.22. The number of aliphatic hydroxyl groups is 1. The minimum absolute atomic E-state index is 0.0456. The van der Waals surface area contributed by atoms with Crippen molar-refractivity contribution in [2.75, 3.05) is 0 Å². The fourth-order valence-corrected chi connectivity index (χ4v) is 7.06. The monoisotopic (exact) mass is 455 g/mol. The van der Waals surface area contributed by atoms with Crippen LogP contribution in [0.15, 0.2) is 47.4 Å². The average Bonchev–Trinajstić information content (AvgIpc) is 3.07. The van der Waals surface area contributed by atoms with E-state index in [1.807, 2.05) is 12.1 Å². The molecule has 32 heavy (non-hydrogen) atoms. The summed E-state index contributed by atoms with van der Waals surface area (Å²) in [4.78, 5) is 12.5. The molecule has 0 saturated heterocycles. The molecule has 0 aliphatic heterocycles. The molecule has 3 aliphatic carbocycles. The third kappa shape index (κ3) is 3.56. The van der Waals surface area contributed by atoms with Gasteiger partial charge in [-0.25, -0.2) is 18.4 Å². The van der Waals surface area contributed by atoms with E-state index in [-0.39, 0.29) is 22.0 Å². The van der Waals surface area contributed by atoms with E-state index in [1.54, 1.807) is 0 Å². The van der Waals surface area contributed by atoms with Crippen molar-refractivity contribution in [1.29, 1.82) is 0 Å². The molecule has 7 heteroatoms. The fourth-order valence-electron chi connectivity index (χ4n) is 6.54. The number of aliphatic hydroxyl groups excluding tert-OH is 1. The van der Waals surface area contributed by atoms with E-state index >= 15 is 0 Å². The number of ether oxygens (including phenoxy) is 1. The van der Waals surface area contributed by atoms with Crippen molar-refractivity contribution >= 4 is 16.0 Å². The second kappa shape index (κ2) is 7.68. The first-order chi connectivity index (χ1) is 15.2. The molecule has 0 spiro atoms. The van der Waals surface area contributed by atoms with Crippen LogP contribution in [0.4, 0.5) is 0 Å². The topological polar surface area (TPSA) is 107 Å². The lowest BCUT2D eigenvalue weighted by molar-refractivity contribution is -0.0226. The van der Waals surface area contributed by atoms with Gasteiger partial charge in [-0.15, -0.1) is 0 Å². The Bertz CT molecular complexity index is 1160. The van der Waals surface area contributed by atoms with Crippen LogP contribution in [0.25, 0.3) is 0 Å². The summed E-state index contributed by atoms with van der Waals surface area (Å²) in [5, 5.41) is 15.7. The quantitative estimate of drug-likeness (QED) is 0.541. The average molecular weight is 456 g/mol. The zero-order valence-corrected chi connectivity index (χ0v) is 19.0. The first-order valence-electron chi connectivity index (χ1n) is 11.3. The van der Waals surface area contributed by atoms with Gasteiger partial charge < -0.3 is 9.84 Å². The van der Waals surface area contributed by atoms with Gasteiger partial charge in [-0.3, -0.25) is 0 Å². The van der Waals surface area contributed by atoms with E-state index in [9.17, 15) is 18.3 Å². The van der Waals surface area contributed by atoms with E-state index in [2.05, 4.69) is 13.0 Å². The van der Waals surface area contributed by atoms with Crippen LogP contribution in [0.1, 0.15) is 66.4 Å². The lowest BCUT2D eigenvalue weighted by atomic mass is 9.55. The second-order valence-electron chi connectivity index (χ2n) is 9.87. The largest absolute Gasteiger partial charge is 0.423 e. The zero-order valence-electron chi connectivity index (χ0n) is 18.2. The molecule has 0 aromatic heterocycles. The number of carbonyl (C=O) groups is 1. The van der Waals surface area contributed by atoms with Crippen LogP contribution < -0.4 is 9.88 Å². The van der Waals surface area contributed by atoms with E-state index < -0.39 is 16.0 Å². The van der Waals surface area contributed by atoms with E-state index in [0.29, 0.717) is 23.5 Å². The Morgan fingerprint density at radius 1 is 1.09 bits per heavy atom. The molecule has 3 aliphatic rings. The molecular weight excluding hydrogens is 426 g/mol. The maximum Gasteiger partial charge on any atom is 0.343 e. The molecule has 0 unspecified atom stereocenters. The minimum atomic E-state index is -3.80. The summed E-state index contributed by atoms with van der Waals surface area (Å²) in [6, 6.07) is 11.3. The zero-order chi connectivity index (χ0) is 22.7. The van der Waals surface area contributed by atoms with Gasteiger partial charge in [0.1, 0.15) is 5.75 Å². The van der Waals surface area contributed by atoms with Crippen LogP contribution in [-0.2, 0) is 16.4 Å². The SMILES string of the molecule is C[C@]12CC[C@@H]3c4ccc(OC(=O)c5ccc(S(N)(=O)=O)cc5)cc4CC[C@H]3[C@@H]1CC[C@@H]2O. The molecule has 0 bridgehead atoms. The number of carbonyl (C=O) groups excluding carboxylic acids is 1. The summed E-state index contributed by atoms with van der Waals surface area (Å²) in [6.45, 7) is 2.28. The Labute approximate surface area is 188 Å². The van der Waals surface area contributed by atoms with Gasteiger partial charge in [0.25, 0.3) is 0 Å². The number of sulfonamides is 1. The normalized spacial score (nSPS) is 31.3.